The fraction of sp³-hybridized carbons (Fsp3) is 0.400. The molecule has 98 valence electrons. The van der Waals surface area contributed by atoms with Crippen molar-refractivity contribution in [1.29, 1.82) is 0 Å². The molecule has 0 bridgehead atoms. The Morgan fingerprint density at radius 2 is 1.76 bits per heavy atom. The Hall–Kier alpha value is -0.690. The lowest BCUT2D eigenvalue weighted by atomic mass is 10.4. The fourth-order valence-corrected chi connectivity index (χ4v) is 2.24. The van der Waals surface area contributed by atoms with Gasteiger partial charge in [-0.1, -0.05) is 0 Å². The Labute approximate surface area is 107 Å². The van der Waals surface area contributed by atoms with Crippen molar-refractivity contribution in [2.75, 3.05) is 20.1 Å². The van der Waals surface area contributed by atoms with Crippen LogP contribution in [0.1, 0.15) is 6.42 Å². The Bertz CT molecular complexity index is 422. The molecule has 0 aromatic heterocycles. The second-order valence-corrected chi connectivity index (χ2v) is 5.08. The molecule has 0 aliphatic carbocycles. The fourth-order valence-electron chi connectivity index (χ4n) is 1.17. The first-order chi connectivity index (χ1) is 7.56. The topological polar surface area (TPSA) is 58.2 Å². The van der Waals surface area contributed by atoms with Crippen LogP contribution >= 0.6 is 12.4 Å². The first kappa shape index (κ1) is 16.3. The number of halogens is 2. The number of hydrogen-bond donors (Lipinski definition) is 2. The van der Waals surface area contributed by atoms with E-state index in [0.29, 0.717) is 13.0 Å². The van der Waals surface area contributed by atoms with Crippen LogP contribution in [0.15, 0.2) is 29.2 Å². The second-order valence-electron chi connectivity index (χ2n) is 3.31. The maximum Gasteiger partial charge on any atom is 0.240 e. The number of sulfonamides is 1. The van der Waals surface area contributed by atoms with E-state index in [-0.39, 0.29) is 17.3 Å². The molecule has 0 radical (unpaired) electrons. The van der Waals surface area contributed by atoms with Gasteiger partial charge in [-0.3, -0.25) is 0 Å². The van der Waals surface area contributed by atoms with Crippen molar-refractivity contribution in [3.05, 3.63) is 30.1 Å². The summed E-state index contributed by atoms with van der Waals surface area (Å²) in [7, 11) is -1.70. The number of benzene rings is 1. The summed E-state index contributed by atoms with van der Waals surface area (Å²) in [6.07, 6.45) is 0.705. The van der Waals surface area contributed by atoms with Gasteiger partial charge >= 0.3 is 0 Å². The monoisotopic (exact) mass is 282 g/mol. The summed E-state index contributed by atoms with van der Waals surface area (Å²) in [5.74, 6) is -0.450. The van der Waals surface area contributed by atoms with E-state index in [1.807, 2.05) is 0 Å². The van der Waals surface area contributed by atoms with Gasteiger partial charge in [0, 0.05) is 6.54 Å². The molecule has 7 heteroatoms. The van der Waals surface area contributed by atoms with Crippen LogP contribution in [0.25, 0.3) is 0 Å². The summed E-state index contributed by atoms with van der Waals surface area (Å²) in [6, 6.07) is 4.75. The van der Waals surface area contributed by atoms with Crippen molar-refractivity contribution in [2.45, 2.75) is 11.3 Å². The molecule has 0 aliphatic heterocycles. The number of nitrogens with one attached hydrogen (secondary N) is 2. The van der Waals surface area contributed by atoms with E-state index >= 15 is 0 Å². The minimum Gasteiger partial charge on any atom is -0.320 e. The van der Waals surface area contributed by atoms with Crippen molar-refractivity contribution < 1.29 is 12.8 Å². The zero-order chi connectivity index (χ0) is 12.0. The van der Waals surface area contributed by atoms with Crippen LogP contribution in [-0.4, -0.2) is 28.6 Å². The Morgan fingerprint density at radius 3 is 2.29 bits per heavy atom. The third-order valence-corrected chi connectivity index (χ3v) is 3.50. The highest BCUT2D eigenvalue weighted by Crippen LogP contribution is 2.09. The van der Waals surface area contributed by atoms with E-state index < -0.39 is 15.8 Å². The molecule has 1 aromatic carbocycles. The molecule has 2 N–H and O–H groups in total. The summed E-state index contributed by atoms with van der Waals surface area (Å²) >= 11 is 0. The third-order valence-electron chi connectivity index (χ3n) is 2.02. The molecule has 0 aliphatic rings. The van der Waals surface area contributed by atoms with Crippen LogP contribution < -0.4 is 10.0 Å². The van der Waals surface area contributed by atoms with E-state index in [2.05, 4.69) is 10.0 Å². The molecule has 1 aromatic rings. The molecule has 0 spiro atoms. The molecular formula is C10H16ClFN2O2S. The standard InChI is InChI=1S/C10H15FN2O2S.ClH/c1-12-7-2-8-13-16(14,15)10-5-3-9(11)4-6-10;/h3-6,12-13H,2,7-8H2,1H3;1H. The van der Waals surface area contributed by atoms with Crippen LogP contribution in [-0.2, 0) is 10.0 Å². The largest absolute Gasteiger partial charge is 0.320 e. The molecule has 0 saturated carbocycles. The van der Waals surface area contributed by atoms with Crippen molar-refractivity contribution >= 4 is 22.4 Å². The highest BCUT2D eigenvalue weighted by molar-refractivity contribution is 7.89. The van der Waals surface area contributed by atoms with E-state index in [1.165, 1.54) is 12.1 Å². The zero-order valence-electron chi connectivity index (χ0n) is 9.44. The minimum atomic E-state index is -3.50. The van der Waals surface area contributed by atoms with Gasteiger partial charge in [-0.2, -0.15) is 0 Å². The molecule has 0 saturated heterocycles. The van der Waals surface area contributed by atoms with Gasteiger partial charge < -0.3 is 5.32 Å². The summed E-state index contributed by atoms with van der Waals surface area (Å²) in [4.78, 5) is 0.0818. The van der Waals surface area contributed by atoms with Crippen LogP contribution in [0.4, 0.5) is 4.39 Å². The molecular weight excluding hydrogens is 267 g/mol. The quantitative estimate of drug-likeness (QED) is 0.769. The van der Waals surface area contributed by atoms with Crippen molar-refractivity contribution in [2.24, 2.45) is 0 Å². The van der Waals surface area contributed by atoms with Gasteiger partial charge in [-0.25, -0.2) is 17.5 Å². The molecule has 0 unspecified atom stereocenters. The SMILES string of the molecule is CNCCCNS(=O)(=O)c1ccc(F)cc1.Cl. The molecule has 0 atom stereocenters. The predicted molar refractivity (Wildman–Crippen MR) is 67.4 cm³/mol. The summed E-state index contributed by atoms with van der Waals surface area (Å²) in [6.45, 7) is 1.10. The predicted octanol–water partition coefficient (Wildman–Crippen LogP) is 1.14. The average Bonchev–Trinajstić information content (AvgIpc) is 2.25. The highest BCUT2D eigenvalue weighted by atomic mass is 35.5. The summed E-state index contributed by atoms with van der Waals surface area (Å²) in [5, 5.41) is 2.92. The van der Waals surface area contributed by atoms with Gasteiger partial charge in [0.2, 0.25) is 10.0 Å². The lowest BCUT2D eigenvalue weighted by molar-refractivity contribution is 0.576. The maximum absolute atomic E-state index is 12.6. The van der Waals surface area contributed by atoms with Crippen LogP contribution in [0, 0.1) is 5.82 Å². The van der Waals surface area contributed by atoms with Crippen molar-refractivity contribution in [3.63, 3.8) is 0 Å². The highest BCUT2D eigenvalue weighted by Gasteiger charge is 2.12. The van der Waals surface area contributed by atoms with Crippen LogP contribution in [0.2, 0.25) is 0 Å². The minimum absolute atomic E-state index is 0. The smallest absolute Gasteiger partial charge is 0.240 e. The van der Waals surface area contributed by atoms with Gasteiger partial charge in [0.05, 0.1) is 4.90 Å². The number of rotatable bonds is 6. The maximum atomic E-state index is 12.6. The van der Waals surface area contributed by atoms with Crippen LogP contribution in [0.3, 0.4) is 0 Å². The molecule has 0 amide bonds. The lowest BCUT2D eigenvalue weighted by Gasteiger charge is -2.06. The van der Waals surface area contributed by atoms with E-state index in [0.717, 1.165) is 18.7 Å². The zero-order valence-corrected chi connectivity index (χ0v) is 11.1. The average molecular weight is 283 g/mol. The van der Waals surface area contributed by atoms with Crippen molar-refractivity contribution in [3.8, 4) is 0 Å². The van der Waals surface area contributed by atoms with Crippen molar-refractivity contribution in [1.82, 2.24) is 10.0 Å². The van der Waals surface area contributed by atoms with Gasteiger partial charge in [0.15, 0.2) is 0 Å². The normalized spacial score (nSPS) is 10.9. The Balaban J connectivity index is 0.00000256. The van der Waals surface area contributed by atoms with E-state index in [1.54, 1.807) is 7.05 Å². The Kier molecular flexibility index (Phi) is 7.29. The van der Waals surface area contributed by atoms with E-state index in [9.17, 15) is 12.8 Å². The van der Waals surface area contributed by atoms with Gasteiger partial charge in [0.25, 0.3) is 0 Å². The first-order valence-electron chi connectivity index (χ1n) is 4.96. The van der Waals surface area contributed by atoms with Crippen LogP contribution in [0.5, 0.6) is 0 Å². The van der Waals surface area contributed by atoms with E-state index in [4.69, 9.17) is 0 Å². The van der Waals surface area contributed by atoms with Gasteiger partial charge in [-0.15, -0.1) is 12.4 Å². The first-order valence-corrected chi connectivity index (χ1v) is 6.44. The molecule has 4 nitrogen and oxygen atoms in total. The lowest BCUT2D eigenvalue weighted by Crippen LogP contribution is -2.26. The van der Waals surface area contributed by atoms with Gasteiger partial charge in [0.1, 0.15) is 5.82 Å². The molecule has 0 heterocycles. The molecule has 17 heavy (non-hydrogen) atoms. The molecule has 0 fully saturated rings. The third kappa shape index (κ3) is 5.45. The number of hydrogen-bond acceptors (Lipinski definition) is 3. The molecule has 1 rings (SSSR count). The Morgan fingerprint density at radius 1 is 1.18 bits per heavy atom. The summed E-state index contributed by atoms with van der Waals surface area (Å²) in [5.41, 5.74) is 0. The second kappa shape index (κ2) is 7.60. The van der Waals surface area contributed by atoms with Gasteiger partial charge in [-0.05, 0) is 44.3 Å². The summed E-state index contributed by atoms with van der Waals surface area (Å²) < 4.78 is 38.3.